The lowest BCUT2D eigenvalue weighted by Crippen LogP contribution is -2.47. The highest BCUT2D eigenvalue weighted by atomic mass is 16.2. The number of nitrogens with one attached hydrogen (secondary N) is 1. The molecule has 3 heteroatoms. The minimum absolute atomic E-state index is 0.257. The first-order chi connectivity index (χ1) is 10.4. The molecule has 0 bridgehead atoms. The Hall–Kier alpha value is -1.77. The van der Waals surface area contributed by atoms with Crippen molar-refractivity contribution >= 4 is 16.8 Å². The summed E-state index contributed by atoms with van der Waals surface area (Å²) in [6.45, 7) is 10.3. The number of para-hydroxylation sites is 1. The maximum absolute atomic E-state index is 13.1. The van der Waals surface area contributed by atoms with Gasteiger partial charge in [-0.15, -0.1) is 0 Å². The van der Waals surface area contributed by atoms with E-state index in [0.29, 0.717) is 0 Å². The first-order valence-electron chi connectivity index (χ1n) is 8.28. The number of carbonyl (C=O) groups excluding carboxylic acids is 1. The number of fused-ring (bicyclic) bond motifs is 1. The zero-order valence-electron chi connectivity index (χ0n) is 14.1. The van der Waals surface area contributed by atoms with E-state index >= 15 is 0 Å². The SMILES string of the molecule is Cc1[nH]c2ccccc2c1C(C)(C)C(=O)N1CCC(C)CC1. The number of amides is 1. The van der Waals surface area contributed by atoms with Gasteiger partial charge in [0.05, 0.1) is 5.41 Å². The molecule has 0 atom stereocenters. The molecule has 22 heavy (non-hydrogen) atoms. The molecule has 2 aromatic rings. The van der Waals surface area contributed by atoms with Gasteiger partial charge in [0, 0.05) is 29.7 Å². The van der Waals surface area contributed by atoms with Crippen molar-refractivity contribution in [1.29, 1.82) is 0 Å². The summed E-state index contributed by atoms with van der Waals surface area (Å²) in [6.07, 6.45) is 2.24. The van der Waals surface area contributed by atoms with Crippen molar-refractivity contribution in [3.63, 3.8) is 0 Å². The normalized spacial score (nSPS) is 17.2. The Morgan fingerprint density at radius 3 is 2.55 bits per heavy atom. The van der Waals surface area contributed by atoms with Gasteiger partial charge in [0.25, 0.3) is 0 Å². The van der Waals surface area contributed by atoms with E-state index in [9.17, 15) is 4.79 Å². The van der Waals surface area contributed by atoms with Gasteiger partial charge in [-0.2, -0.15) is 0 Å². The smallest absolute Gasteiger partial charge is 0.232 e. The van der Waals surface area contributed by atoms with Gasteiger partial charge in [-0.1, -0.05) is 25.1 Å². The van der Waals surface area contributed by atoms with Gasteiger partial charge in [0.15, 0.2) is 0 Å². The van der Waals surface area contributed by atoms with E-state index in [1.165, 1.54) is 5.39 Å². The predicted molar refractivity (Wildman–Crippen MR) is 91.0 cm³/mol. The fraction of sp³-hybridized carbons (Fsp3) is 0.526. The minimum Gasteiger partial charge on any atom is -0.358 e. The van der Waals surface area contributed by atoms with Crippen LogP contribution in [0, 0.1) is 12.8 Å². The highest BCUT2D eigenvalue weighted by Gasteiger charge is 2.37. The number of aromatic amines is 1. The average molecular weight is 298 g/mol. The third-order valence-corrected chi connectivity index (χ3v) is 5.12. The molecule has 1 saturated heterocycles. The molecule has 1 aliphatic heterocycles. The minimum atomic E-state index is -0.496. The molecule has 1 amide bonds. The molecule has 0 spiro atoms. The third kappa shape index (κ3) is 2.43. The van der Waals surface area contributed by atoms with Crippen LogP contribution in [0.15, 0.2) is 24.3 Å². The van der Waals surface area contributed by atoms with Gasteiger partial charge < -0.3 is 9.88 Å². The van der Waals surface area contributed by atoms with Gasteiger partial charge in [-0.05, 0) is 51.2 Å². The molecule has 1 aromatic carbocycles. The lowest BCUT2D eigenvalue weighted by Gasteiger charge is -2.36. The van der Waals surface area contributed by atoms with Crippen molar-refractivity contribution in [2.24, 2.45) is 5.92 Å². The maximum atomic E-state index is 13.1. The summed E-state index contributed by atoms with van der Waals surface area (Å²) in [6, 6.07) is 8.27. The van der Waals surface area contributed by atoms with E-state index in [4.69, 9.17) is 0 Å². The third-order valence-electron chi connectivity index (χ3n) is 5.12. The lowest BCUT2D eigenvalue weighted by molar-refractivity contribution is -0.137. The van der Waals surface area contributed by atoms with Crippen molar-refractivity contribution in [2.45, 2.75) is 46.0 Å². The van der Waals surface area contributed by atoms with Crippen LogP contribution in [0.4, 0.5) is 0 Å². The van der Waals surface area contributed by atoms with Gasteiger partial charge in [-0.25, -0.2) is 0 Å². The van der Waals surface area contributed by atoms with Crippen molar-refractivity contribution in [3.05, 3.63) is 35.5 Å². The second kappa shape index (κ2) is 5.45. The summed E-state index contributed by atoms with van der Waals surface area (Å²) in [5.41, 5.74) is 2.87. The van der Waals surface area contributed by atoms with E-state index in [2.05, 4.69) is 49.7 Å². The fourth-order valence-electron chi connectivity index (χ4n) is 3.80. The van der Waals surface area contributed by atoms with Crippen LogP contribution in [0.5, 0.6) is 0 Å². The number of hydrogen-bond acceptors (Lipinski definition) is 1. The second-order valence-corrected chi connectivity index (χ2v) is 7.27. The van der Waals surface area contributed by atoms with Crippen molar-refractivity contribution in [2.75, 3.05) is 13.1 Å². The Kier molecular flexibility index (Phi) is 3.75. The average Bonchev–Trinajstić information content (AvgIpc) is 2.83. The Bertz CT molecular complexity index is 691. The van der Waals surface area contributed by atoms with Crippen LogP contribution in [0.1, 0.15) is 44.9 Å². The molecule has 0 saturated carbocycles. The molecule has 2 heterocycles. The van der Waals surface area contributed by atoms with E-state index in [1.54, 1.807) is 0 Å². The highest BCUT2D eigenvalue weighted by molar-refractivity contribution is 5.95. The van der Waals surface area contributed by atoms with Crippen molar-refractivity contribution < 1.29 is 4.79 Å². The Morgan fingerprint density at radius 2 is 1.86 bits per heavy atom. The van der Waals surface area contributed by atoms with E-state index < -0.39 is 5.41 Å². The van der Waals surface area contributed by atoms with Crippen LogP contribution in [0.25, 0.3) is 10.9 Å². The topological polar surface area (TPSA) is 36.1 Å². The largest absolute Gasteiger partial charge is 0.358 e. The number of aryl methyl sites for hydroxylation is 1. The first-order valence-corrected chi connectivity index (χ1v) is 8.28. The Morgan fingerprint density at radius 1 is 1.23 bits per heavy atom. The molecular formula is C19H26N2O. The zero-order chi connectivity index (χ0) is 15.9. The molecule has 0 unspecified atom stereocenters. The molecule has 0 radical (unpaired) electrons. The summed E-state index contributed by atoms with van der Waals surface area (Å²) in [4.78, 5) is 18.6. The summed E-state index contributed by atoms with van der Waals surface area (Å²) in [7, 11) is 0. The van der Waals surface area contributed by atoms with Crippen LogP contribution in [-0.2, 0) is 10.2 Å². The van der Waals surface area contributed by atoms with E-state index in [0.717, 1.165) is 48.6 Å². The van der Waals surface area contributed by atoms with Crippen LogP contribution < -0.4 is 0 Å². The number of H-pyrrole nitrogens is 1. The summed E-state index contributed by atoms with van der Waals surface area (Å²) < 4.78 is 0. The molecule has 0 aliphatic carbocycles. The number of carbonyl (C=O) groups is 1. The highest BCUT2D eigenvalue weighted by Crippen LogP contribution is 2.35. The quantitative estimate of drug-likeness (QED) is 0.893. The lowest BCUT2D eigenvalue weighted by atomic mass is 9.80. The molecule has 118 valence electrons. The molecular weight excluding hydrogens is 272 g/mol. The molecule has 3 nitrogen and oxygen atoms in total. The standard InChI is InChI=1S/C19H26N2O/c1-13-9-11-21(12-10-13)18(22)19(3,4)17-14(2)20-16-8-6-5-7-15(16)17/h5-8,13,20H,9-12H2,1-4H3. The number of likely N-dealkylation sites (tertiary alicyclic amines) is 1. The van der Waals surface area contributed by atoms with Crippen LogP contribution in [0.3, 0.4) is 0 Å². The monoisotopic (exact) mass is 298 g/mol. The van der Waals surface area contributed by atoms with Crippen LogP contribution in [0.2, 0.25) is 0 Å². The molecule has 1 aliphatic rings. The van der Waals surface area contributed by atoms with E-state index in [1.807, 2.05) is 12.1 Å². The van der Waals surface area contributed by atoms with Gasteiger partial charge in [0.1, 0.15) is 0 Å². The number of rotatable bonds is 2. The van der Waals surface area contributed by atoms with E-state index in [-0.39, 0.29) is 5.91 Å². The second-order valence-electron chi connectivity index (χ2n) is 7.27. The summed E-state index contributed by atoms with van der Waals surface area (Å²) in [5.74, 6) is 0.995. The van der Waals surface area contributed by atoms with Crippen LogP contribution in [-0.4, -0.2) is 28.9 Å². The van der Waals surface area contributed by atoms with Gasteiger partial charge in [-0.3, -0.25) is 4.79 Å². The number of nitrogens with zero attached hydrogens (tertiary/aromatic N) is 1. The zero-order valence-corrected chi connectivity index (χ0v) is 14.1. The summed E-state index contributed by atoms with van der Waals surface area (Å²) >= 11 is 0. The van der Waals surface area contributed by atoms with Gasteiger partial charge >= 0.3 is 0 Å². The first kappa shape index (κ1) is 15.1. The molecule has 3 rings (SSSR count). The number of aromatic nitrogens is 1. The Labute approximate surface area is 132 Å². The molecule has 1 aromatic heterocycles. The van der Waals surface area contributed by atoms with Crippen molar-refractivity contribution in [1.82, 2.24) is 9.88 Å². The van der Waals surface area contributed by atoms with Gasteiger partial charge in [0.2, 0.25) is 5.91 Å². The molecule has 1 N–H and O–H groups in total. The van der Waals surface area contributed by atoms with Crippen molar-refractivity contribution in [3.8, 4) is 0 Å². The number of benzene rings is 1. The molecule has 1 fully saturated rings. The number of piperidine rings is 1. The predicted octanol–water partition coefficient (Wildman–Crippen LogP) is 4.01. The fourth-order valence-corrected chi connectivity index (χ4v) is 3.80. The number of hydrogen-bond donors (Lipinski definition) is 1. The Balaban J connectivity index is 1.97. The summed E-state index contributed by atoms with van der Waals surface area (Å²) in [5, 5.41) is 1.17. The maximum Gasteiger partial charge on any atom is 0.232 e. The van der Waals surface area contributed by atoms with Crippen LogP contribution >= 0.6 is 0 Å².